The number of hydrogen-bond acceptors (Lipinski definition) is 3. The Kier molecular flexibility index (Phi) is 5.16. The highest BCUT2D eigenvalue weighted by atomic mass is 32.2. The number of carbonyl (C=O) groups excluding carboxylic acids is 2. The van der Waals surface area contributed by atoms with Crippen molar-refractivity contribution in [3.05, 3.63) is 70.6 Å². The predicted octanol–water partition coefficient (Wildman–Crippen LogP) is 4.98. The minimum absolute atomic E-state index is 0.116. The second kappa shape index (κ2) is 7.49. The van der Waals surface area contributed by atoms with Gasteiger partial charge in [-0.3, -0.25) is 9.59 Å². The van der Waals surface area contributed by atoms with Gasteiger partial charge in [0.2, 0.25) is 0 Å². The summed E-state index contributed by atoms with van der Waals surface area (Å²) in [7, 11) is 0. The Morgan fingerprint density at radius 1 is 1.04 bits per heavy atom. The van der Waals surface area contributed by atoms with Crippen molar-refractivity contribution in [2.75, 3.05) is 5.32 Å². The molecule has 0 unspecified atom stereocenters. The fourth-order valence-corrected chi connectivity index (χ4v) is 3.75. The molecule has 1 amide bonds. The van der Waals surface area contributed by atoms with Crippen molar-refractivity contribution in [3.8, 4) is 0 Å². The first-order valence-corrected chi connectivity index (χ1v) is 8.82. The molecule has 2 aromatic rings. The number of allylic oxidation sites excluding steroid dienone is 2. The second-order valence-corrected chi connectivity index (χ2v) is 6.97. The van der Waals surface area contributed by atoms with Crippen LogP contribution in [-0.2, 0) is 4.79 Å². The van der Waals surface area contributed by atoms with Crippen LogP contribution in [-0.4, -0.2) is 11.7 Å². The summed E-state index contributed by atoms with van der Waals surface area (Å²) in [6, 6.07) is 15.2. The molecule has 0 heterocycles. The smallest absolute Gasteiger partial charge is 0.255 e. The monoisotopic (exact) mass is 337 g/mol. The second-order valence-electron chi connectivity index (χ2n) is 5.80. The van der Waals surface area contributed by atoms with E-state index in [9.17, 15) is 9.59 Å². The van der Waals surface area contributed by atoms with Crippen molar-refractivity contribution in [1.82, 2.24) is 0 Å². The van der Waals surface area contributed by atoms with Crippen molar-refractivity contribution < 1.29 is 9.59 Å². The lowest BCUT2D eigenvalue weighted by Gasteiger charge is -2.15. The lowest BCUT2D eigenvalue weighted by Crippen LogP contribution is -2.13. The van der Waals surface area contributed by atoms with Crippen LogP contribution in [0.1, 0.15) is 35.2 Å². The minimum Gasteiger partial charge on any atom is -0.321 e. The number of aryl methyl sites for hydroxylation is 1. The maximum atomic E-state index is 12.5. The fourth-order valence-electron chi connectivity index (χ4n) is 2.66. The summed E-state index contributed by atoms with van der Waals surface area (Å²) in [5, 5.41) is 3.00. The molecule has 0 fully saturated rings. The Morgan fingerprint density at radius 3 is 2.58 bits per heavy atom. The Hall–Kier alpha value is -2.33. The number of anilines is 1. The zero-order valence-electron chi connectivity index (χ0n) is 13.5. The summed E-state index contributed by atoms with van der Waals surface area (Å²) in [5.74, 6) is 0.0695. The quantitative estimate of drug-likeness (QED) is 0.856. The van der Waals surface area contributed by atoms with Gasteiger partial charge in [-0.2, -0.15) is 0 Å². The van der Waals surface area contributed by atoms with Gasteiger partial charge in [0.25, 0.3) is 5.91 Å². The lowest BCUT2D eigenvalue weighted by atomic mass is 10.1. The number of ketones is 1. The molecule has 3 nitrogen and oxygen atoms in total. The van der Waals surface area contributed by atoms with E-state index >= 15 is 0 Å². The molecule has 24 heavy (non-hydrogen) atoms. The third-order valence-electron chi connectivity index (χ3n) is 3.93. The molecule has 0 radical (unpaired) electrons. The van der Waals surface area contributed by atoms with Crippen molar-refractivity contribution in [1.29, 1.82) is 0 Å². The van der Waals surface area contributed by atoms with E-state index in [0.717, 1.165) is 33.9 Å². The van der Waals surface area contributed by atoms with Crippen molar-refractivity contribution >= 4 is 29.1 Å². The molecule has 0 aliphatic heterocycles. The van der Waals surface area contributed by atoms with Gasteiger partial charge in [0.15, 0.2) is 5.78 Å². The molecule has 0 spiro atoms. The SMILES string of the molecule is Cc1ccccc1C(=O)Nc1ccccc1SC1=CC(=O)CCC1. The number of hydrogen-bond donors (Lipinski definition) is 1. The van der Waals surface area contributed by atoms with E-state index in [1.807, 2.05) is 55.5 Å². The highest BCUT2D eigenvalue weighted by Crippen LogP contribution is 2.36. The first kappa shape index (κ1) is 16.5. The number of benzene rings is 2. The van der Waals surface area contributed by atoms with Gasteiger partial charge in [0.05, 0.1) is 5.69 Å². The molecule has 0 saturated carbocycles. The molecule has 0 atom stereocenters. The maximum absolute atomic E-state index is 12.5. The average molecular weight is 337 g/mol. The standard InChI is InChI=1S/C20H19NO2S/c1-14-7-2-3-10-17(14)20(23)21-18-11-4-5-12-19(18)24-16-9-6-8-15(22)13-16/h2-5,7,10-13H,6,8-9H2,1H3,(H,21,23). The van der Waals surface area contributed by atoms with E-state index in [0.29, 0.717) is 12.0 Å². The molecule has 1 aliphatic rings. The molecule has 0 saturated heterocycles. The molecule has 2 aromatic carbocycles. The van der Waals surface area contributed by atoms with Crippen LogP contribution < -0.4 is 5.32 Å². The number of thioether (sulfide) groups is 1. The number of carbonyl (C=O) groups is 2. The summed E-state index contributed by atoms with van der Waals surface area (Å²) < 4.78 is 0. The Bertz CT molecular complexity index is 811. The first-order chi connectivity index (χ1) is 11.6. The molecule has 1 aliphatic carbocycles. The van der Waals surface area contributed by atoms with Gasteiger partial charge in [0, 0.05) is 16.9 Å². The van der Waals surface area contributed by atoms with Gasteiger partial charge in [-0.15, -0.1) is 0 Å². The Morgan fingerprint density at radius 2 is 1.79 bits per heavy atom. The van der Waals surface area contributed by atoms with Crippen LogP contribution in [0.3, 0.4) is 0 Å². The van der Waals surface area contributed by atoms with Crippen LogP contribution in [0.4, 0.5) is 5.69 Å². The molecule has 0 bridgehead atoms. The highest BCUT2D eigenvalue weighted by Gasteiger charge is 2.15. The van der Waals surface area contributed by atoms with Gasteiger partial charge < -0.3 is 5.32 Å². The van der Waals surface area contributed by atoms with E-state index in [1.54, 1.807) is 17.8 Å². The summed E-state index contributed by atoms with van der Waals surface area (Å²) >= 11 is 1.56. The van der Waals surface area contributed by atoms with Crippen molar-refractivity contribution in [2.45, 2.75) is 31.1 Å². The van der Waals surface area contributed by atoms with E-state index in [2.05, 4.69) is 5.32 Å². The maximum Gasteiger partial charge on any atom is 0.255 e. The summed E-state index contributed by atoms with van der Waals surface area (Å²) in [5.41, 5.74) is 2.39. The van der Waals surface area contributed by atoms with Gasteiger partial charge in [-0.25, -0.2) is 0 Å². The normalized spacial score (nSPS) is 14.2. The molecule has 122 valence electrons. The fraction of sp³-hybridized carbons (Fsp3) is 0.200. The molecule has 1 N–H and O–H groups in total. The minimum atomic E-state index is -0.116. The Labute approximate surface area is 146 Å². The van der Waals surface area contributed by atoms with E-state index in [-0.39, 0.29) is 11.7 Å². The van der Waals surface area contributed by atoms with Crippen LogP contribution >= 0.6 is 11.8 Å². The number of nitrogens with one attached hydrogen (secondary N) is 1. The van der Waals surface area contributed by atoms with Crippen molar-refractivity contribution in [3.63, 3.8) is 0 Å². The molecular weight excluding hydrogens is 318 g/mol. The molecule has 0 aromatic heterocycles. The van der Waals surface area contributed by atoms with Crippen LogP contribution in [0, 0.1) is 6.92 Å². The molecule has 4 heteroatoms. The lowest BCUT2D eigenvalue weighted by molar-refractivity contribution is -0.115. The first-order valence-electron chi connectivity index (χ1n) is 8.01. The van der Waals surface area contributed by atoms with Gasteiger partial charge in [-0.05, 0) is 54.5 Å². The van der Waals surface area contributed by atoms with Crippen LogP contribution in [0.2, 0.25) is 0 Å². The largest absolute Gasteiger partial charge is 0.321 e. The summed E-state index contributed by atoms with van der Waals surface area (Å²) in [6.45, 7) is 1.92. The topological polar surface area (TPSA) is 46.2 Å². The average Bonchev–Trinajstić information content (AvgIpc) is 2.57. The third-order valence-corrected chi connectivity index (χ3v) is 5.09. The Balaban J connectivity index is 1.81. The summed E-state index contributed by atoms with van der Waals surface area (Å²) in [4.78, 5) is 26.1. The highest BCUT2D eigenvalue weighted by molar-refractivity contribution is 8.03. The predicted molar refractivity (Wildman–Crippen MR) is 98.4 cm³/mol. The van der Waals surface area contributed by atoms with Gasteiger partial charge in [0.1, 0.15) is 0 Å². The molecular formula is C20H19NO2S. The van der Waals surface area contributed by atoms with Crippen LogP contribution in [0.25, 0.3) is 0 Å². The summed E-state index contributed by atoms with van der Waals surface area (Å²) in [6.07, 6.45) is 4.18. The van der Waals surface area contributed by atoms with Crippen molar-refractivity contribution in [2.24, 2.45) is 0 Å². The zero-order chi connectivity index (χ0) is 16.9. The third kappa shape index (κ3) is 3.95. The van der Waals surface area contributed by atoms with E-state index in [4.69, 9.17) is 0 Å². The zero-order valence-corrected chi connectivity index (χ0v) is 14.4. The van der Waals surface area contributed by atoms with Gasteiger partial charge in [-0.1, -0.05) is 42.1 Å². The van der Waals surface area contributed by atoms with E-state index < -0.39 is 0 Å². The van der Waals surface area contributed by atoms with Crippen LogP contribution in [0.15, 0.2) is 64.4 Å². The molecule has 3 rings (SSSR count). The number of para-hydroxylation sites is 1. The number of amides is 1. The van der Waals surface area contributed by atoms with E-state index in [1.165, 1.54) is 0 Å². The number of rotatable bonds is 4. The van der Waals surface area contributed by atoms with Gasteiger partial charge >= 0.3 is 0 Å². The van der Waals surface area contributed by atoms with Crippen LogP contribution in [0.5, 0.6) is 0 Å².